The van der Waals surface area contributed by atoms with Gasteiger partial charge in [-0.2, -0.15) is 13.2 Å². The summed E-state index contributed by atoms with van der Waals surface area (Å²) in [4.78, 5) is 21.2. The van der Waals surface area contributed by atoms with Crippen LogP contribution in [0.2, 0.25) is 0 Å². The zero-order valence-corrected chi connectivity index (χ0v) is 17.8. The number of carbonyl (C=O) groups is 1. The topological polar surface area (TPSA) is 64.1 Å². The summed E-state index contributed by atoms with van der Waals surface area (Å²) < 4.78 is 43.8. The third-order valence-corrected chi connectivity index (χ3v) is 4.89. The fourth-order valence-electron chi connectivity index (χ4n) is 3.19. The second-order valence-electron chi connectivity index (χ2n) is 7.20. The number of hydrogen-bond acceptors (Lipinski definition) is 5. The molecule has 0 saturated carbocycles. The molecule has 1 unspecified atom stereocenters. The number of rotatable bonds is 8. The average molecular weight is 443 g/mol. The molecule has 3 rings (SSSR count). The molecule has 5 nitrogen and oxygen atoms in total. The number of aromatic nitrogens is 2. The number of ether oxygens (including phenoxy) is 1. The third kappa shape index (κ3) is 5.84. The first-order valence-electron chi connectivity index (χ1n) is 10.4. The number of halogens is 3. The maximum Gasteiger partial charge on any atom is 0.416 e. The zero-order valence-electron chi connectivity index (χ0n) is 17.8. The van der Waals surface area contributed by atoms with E-state index in [4.69, 9.17) is 4.74 Å². The first-order valence-corrected chi connectivity index (χ1v) is 10.4. The van der Waals surface area contributed by atoms with E-state index in [1.807, 2.05) is 26.0 Å². The Bertz CT molecular complexity index is 1040. The van der Waals surface area contributed by atoms with Crippen molar-refractivity contribution in [2.24, 2.45) is 0 Å². The van der Waals surface area contributed by atoms with Gasteiger partial charge in [-0.05, 0) is 30.2 Å². The second-order valence-corrected chi connectivity index (χ2v) is 7.20. The van der Waals surface area contributed by atoms with Gasteiger partial charge in [0.1, 0.15) is 5.82 Å². The highest BCUT2D eigenvalue weighted by Gasteiger charge is 2.30. The molecule has 0 saturated heterocycles. The lowest BCUT2D eigenvalue weighted by Crippen LogP contribution is -2.27. The van der Waals surface area contributed by atoms with Crippen LogP contribution in [0.25, 0.3) is 11.3 Å². The van der Waals surface area contributed by atoms with Crippen molar-refractivity contribution < 1.29 is 22.7 Å². The van der Waals surface area contributed by atoms with Gasteiger partial charge in [0.05, 0.1) is 29.2 Å². The van der Waals surface area contributed by atoms with Crippen LogP contribution in [0.4, 0.5) is 19.0 Å². The minimum atomic E-state index is -4.39. The second kappa shape index (κ2) is 10.3. The normalized spacial score (nSPS) is 12.3. The number of benzene rings is 2. The lowest BCUT2D eigenvalue weighted by atomic mass is 10.1. The van der Waals surface area contributed by atoms with Gasteiger partial charge in [-0.1, -0.05) is 50.6 Å². The van der Waals surface area contributed by atoms with E-state index < -0.39 is 23.9 Å². The highest BCUT2D eigenvalue weighted by atomic mass is 19.4. The molecule has 0 aliphatic rings. The molecular weight excluding hydrogens is 419 g/mol. The molecule has 1 aromatic heterocycles. The van der Waals surface area contributed by atoms with Crippen LogP contribution in [0, 0.1) is 0 Å². The molecule has 0 aliphatic carbocycles. The van der Waals surface area contributed by atoms with E-state index in [0.29, 0.717) is 35.5 Å². The molecule has 0 spiro atoms. The standard InChI is InChI=1S/C24H24F3N3O2/c1-3-7-22(32-23(31)19-9-6-5-8-16(19)4-2)30-21-15-28-20(14-29-21)17-10-12-18(13-11-17)24(25,26)27/h5-6,8-15,22H,3-4,7H2,1-2H3,(H,29,30). The van der Waals surface area contributed by atoms with Gasteiger partial charge >= 0.3 is 12.1 Å². The number of aryl methyl sites for hydroxylation is 1. The third-order valence-electron chi connectivity index (χ3n) is 4.89. The van der Waals surface area contributed by atoms with Crippen molar-refractivity contribution in [1.29, 1.82) is 0 Å². The zero-order chi connectivity index (χ0) is 23.1. The molecule has 8 heteroatoms. The Hall–Kier alpha value is -3.42. The minimum absolute atomic E-state index is 0.399. The Morgan fingerprint density at radius 1 is 1.03 bits per heavy atom. The molecule has 2 aromatic carbocycles. The summed E-state index contributed by atoms with van der Waals surface area (Å²) >= 11 is 0. The molecule has 0 bridgehead atoms. The lowest BCUT2D eigenvalue weighted by Gasteiger charge is -2.20. The minimum Gasteiger partial charge on any atom is -0.438 e. The van der Waals surface area contributed by atoms with E-state index in [1.54, 1.807) is 12.1 Å². The van der Waals surface area contributed by atoms with Crippen LogP contribution in [-0.2, 0) is 17.3 Å². The molecule has 1 heterocycles. The number of anilines is 1. The quantitative estimate of drug-likeness (QED) is 0.336. The smallest absolute Gasteiger partial charge is 0.416 e. The SMILES string of the molecule is CCCC(Nc1cnc(-c2ccc(C(F)(F)F)cc2)cn1)OC(=O)c1ccccc1CC. The predicted octanol–water partition coefficient (Wildman–Crippen LogP) is 6.12. The van der Waals surface area contributed by atoms with E-state index in [9.17, 15) is 18.0 Å². The van der Waals surface area contributed by atoms with Gasteiger partial charge in [0.15, 0.2) is 6.23 Å². The van der Waals surface area contributed by atoms with Gasteiger partial charge in [-0.15, -0.1) is 0 Å². The summed E-state index contributed by atoms with van der Waals surface area (Å²) in [5.74, 6) is -0.0153. The number of esters is 1. The van der Waals surface area contributed by atoms with E-state index in [-0.39, 0.29) is 0 Å². The first-order chi connectivity index (χ1) is 15.3. The fourth-order valence-corrected chi connectivity index (χ4v) is 3.19. The maximum absolute atomic E-state index is 12.7. The van der Waals surface area contributed by atoms with Crippen molar-refractivity contribution in [3.63, 3.8) is 0 Å². The van der Waals surface area contributed by atoms with Crippen LogP contribution < -0.4 is 5.32 Å². The van der Waals surface area contributed by atoms with Crippen LogP contribution >= 0.6 is 0 Å². The molecule has 168 valence electrons. The molecule has 1 atom stereocenters. The largest absolute Gasteiger partial charge is 0.438 e. The summed E-state index contributed by atoms with van der Waals surface area (Å²) in [6, 6.07) is 12.0. The Morgan fingerprint density at radius 3 is 2.34 bits per heavy atom. The van der Waals surface area contributed by atoms with Crippen molar-refractivity contribution in [3.05, 3.63) is 77.6 Å². The summed E-state index contributed by atoms with van der Waals surface area (Å²) in [6.45, 7) is 3.95. The van der Waals surface area contributed by atoms with Gasteiger partial charge in [0, 0.05) is 12.0 Å². The summed E-state index contributed by atoms with van der Waals surface area (Å²) in [6.07, 6.45) is 0.00418. The van der Waals surface area contributed by atoms with Gasteiger partial charge in [0.2, 0.25) is 0 Å². The Morgan fingerprint density at radius 2 is 1.75 bits per heavy atom. The van der Waals surface area contributed by atoms with Crippen LogP contribution in [0.15, 0.2) is 60.9 Å². The number of alkyl halides is 3. The van der Waals surface area contributed by atoms with E-state index in [1.165, 1.54) is 24.5 Å². The van der Waals surface area contributed by atoms with Crippen molar-refractivity contribution in [1.82, 2.24) is 9.97 Å². The van der Waals surface area contributed by atoms with Gasteiger partial charge in [0.25, 0.3) is 0 Å². The van der Waals surface area contributed by atoms with E-state index in [2.05, 4.69) is 15.3 Å². The van der Waals surface area contributed by atoms with E-state index >= 15 is 0 Å². The molecule has 1 N–H and O–H groups in total. The molecule has 0 amide bonds. The maximum atomic E-state index is 12.7. The Balaban J connectivity index is 1.69. The van der Waals surface area contributed by atoms with Crippen molar-refractivity contribution in [3.8, 4) is 11.3 Å². The highest BCUT2D eigenvalue weighted by molar-refractivity contribution is 5.91. The van der Waals surface area contributed by atoms with Gasteiger partial charge < -0.3 is 10.1 Å². The lowest BCUT2D eigenvalue weighted by molar-refractivity contribution is -0.137. The number of hydrogen-bond donors (Lipinski definition) is 1. The van der Waals surface area contributed by atoms with Crippen LogP contribution in [0.5, 0.6) is 0 Å². The monoisotopic (exact) mass is 443 g/mol. The summed E-state index contributed by atoms with van der Waals surface area (Å²) in [7, 11) is 0. The average Bonchev–Trinajstić information content (AvgIpc) is 2.79. The number of nitrogens with one attached hydrogen (secondary N) is 1. The molecular formula is C24H24F3N3O2. The van der Waals surface area contributed by atoms with Crippen molar-refractivity contribution in [2.75, 3.05) is 5.32 Å². The van der Waals surface area contributed by atoms with E-state index in [0.717, 1.165) is 24.1 Å². The van der Waals surface area contributed by atoms with Crippen LogP contribution in [0.1, 0.15) is 48.2 Å². The highest BCUT2D eigenvalue weighted by Crippen LogP contribution is 2.30. The molecule has 3 aromatic rings. The first kappa shape index (κ1) is 23.2. The van der Waals surface area contributed by atoms with Crippen molar-refractivity contribution >= 4 is 11.8 Å². The molecule has 0 radical (unpaired) electrons. The van der Waals surface area contributed by atoms with Crippen molar-refractivity contribution in [2.45, 2.75) is 45.5 Å². The molecule has 0 fully saturated rings. The van der Waals surface area contributed by atoms with Crippen LogP contribution in [0.3, 0.4) is 0 Å². The summed E-state index contributed by atoms with van der Waals surface area (Å²) in [5.41, 5.74) is 1.67. The molecule has 32 heavy (non-hydrogen) atoms. The summed E-state index contributed by atoms with van der Waals surface area (Å²) in [5, 5.41) is 3.06. The fraction of sp³-hybridized carbons (Fsp3) is 0.292. The predicted molar refractivity (Wildman–Crippen MR) is 116 cm³/mol. The Labute approximate surface area is 184 Å². The number of nitrogens with zero attached hydrogens (tertiary/aromatic N) is 2. The van der Waals surface area contributed by atoms with Gasteiger partial charge in [-0.3, -0.25) is 4.98 Å². The number of carbonyl (C=O) groups excluding carboxylic acids is 1. The van der Waals surface area contributed by atoms with Gasteiger partial charge in [-0.25, -0.2) is 9.78 Å². The molecule has 0 aliphatic heterocycles. The van der Waals surface area contributed by atoms with Crippen LogP contribution in [-0.4, -0.2) is 22.2 Å². The Kier molecular flexibility index (Phi) is 7.45.